The molecule has 0 aliphatic carbocycles. The fourth-order valence-electron chi connectivity index (χ4n) is 1.79. The third-order valence-corrected chi connectivity index (χ3v) is 3.42. The average Bonchev–Trinajstić information content (AvgIpc) is 2.59. The smallest absolute Gasteiger partial charge is 0.151 e. The monoisotopic (exact) mass is 285 g/mol. The molecule has 4 nitrogen and oxygen atoms in total. The number of carbonyl (C=O) groups is 1. The third-order valence-electron chi connectivity index (χ3n) is 2.74. The highest BCUT2D eigenvalue weighted by Gasteiger charge is 2.29. The number of aliphatic hydroxyl groups is 2. The molecule has 0 radical (unpaired) electrons. The molecule has 1 saturated heterocycles. The molecule has 2 N–H and O–H groups in total. The number of carbonyl (C=O) groups excluding carboxylic acids is 1. The lowest BCUT2D eigenvalue weighted by atomic mass is 10.2. The molecule has 16 heavy (non-hydrogen) atoms. The molecule has 1 heterocycles. The van der Waals surface area contributed by atoms with Crippen LogP contribution in [-0.4, -0.2) is 41.8 Å². The number of aldehydes is 1. The molecule has 1 aromatic carbocycles. The summed E-state index contributed by atoms with van der Waals surface area (Å²) in [5.41, 5.74) is 1.47. The van der Waals surface area contributed by atoms with Gasteiger partial charge in [-0.2, -0.15) is 0 Å². The first-order valence-corrected chi connectivity index (χ1v) is 5.77. The summed E-state index contributed by atoms with van der Waals surface area (Å²) < 4.78 is 0.718. The van der Waals surface area contributed by atoms with Gasteiger partial charge in [-0.1, -0.05) is 0 Å². The normalized spacial score (nSPS) is 24.8. The lowest BCUT2D eigenvalue weighted by molar-refractivity contribution is 0.0572. The Labute approximate surface area is 102 Å². The van der Waals surface area contributed by atoms with Crippen LogP contribution >= 0.6 is 15.9 Å². The van der Waals surface area contributed by atoms with Crippen LogP contribution in [0.25, 0.3) is 0 Å². The van der Waals surface area contributed by atoms with E-state index in [-0.39, 0.29) is 0 Å². The van der Waals surface area contributed by atoms with Crippen molar-refractivity contribution >= 4 is 27.9 Å². The highest BCUT2D eigenvalue weighted by atomic mass is 79.9. The third kappa shape index (κ3) is 2.11. The Bertz CT molecular complexity index is 400. The van der Waals surface area contributed by atoms with E-state index in [1.54, 1.807) is 12.1 Å². The Hall–Kier alpha value is -0.910. The molecular weight excluding hydrogens is 274 g/mol. The van der Waals surface area contributed by atoms with Gasteiger partial charge < -0.3 is 15.1 Å². The molecule has 1 fully saturated rings. The minimum Gasteiger partial charge on any atom is -0.389 e. The highest BCUT2D eigenvalue weighted by Crippen LogP contribution is 2.26. The molecule has 0 saturated carbocycles. The predicted octanol–water partition coefficient (Wildman–Crippen LogP) is 0.803. The molecule has 0 bridgehead atoms. The fraction of sp³-hybridized carbons (Fsp3) is 0.364. The topological polar surface area (TPSA) is 60.8 Å². The second kappa shape index (κ2) is 4.53. The van der Waals surface area contributed by atoms with Gasteiger partial charge in [0.25, 0.3) is 0 Å². The lowest BCUT2D eigenvalue weighted by Crippen LogP contribution is -2.22. The number of nitrogens with zero attached hydrogens (tertiary/aromatic N) is 1. The van der Waals surface area contributed by atoms with Crippen molar-refractivity contribution in [3.63, 3.8) is 0 Å². The molecule has 0 aromatic heterocycles. The van der Waals surface area contributed by atoms with Gasteiger partial charge in [0.2, 0.25) is 0 Å². The second-order valence-corrected chi connectivity index (χ2v) is 4.72. The number of benzene rings is 1. The summed E-state index contributed by atoms with van der Waals surface area (Å²) in [4.78, 5) is 12.5. The van der Waals surface area contributed by atoms with Gasteiger partial charge in [0, 0.05) is 28.8 Å². The maximum absolute atomic E-state index is 10.6. The van der Waals surface area contributed by atoms with E-state index >= 15 is 0 Å². The van der Waals surface area contributed by atoms with Crippen LogP contribution in [0.5, 0.6) is 0 Å². The van der Waals surface area contributed by atoms with E-state index in [2.05, 4.69) is 15.9 Å². The minimum absolute atomic E-state index is 0.411. The predicted molar refractivity (Wildman–Crippen MR) is 63.8 cm³/mol. The van der Waals surface area contributed by atoms with E-state index in [0.29, 0.717) is 18.7 Å². The molecule has 0 spiro atoms. The summed E-state index contributed by atoms with van der Waals surface area (Å²) in [6, 6.07) is 5.33. The van der Waals surface area contributed by atoms with Gasteiger partial charge in [-0.05, 0) is 34.1 Å². The van der Waals surface area contributed by atoms with Crippen molar-refractivity contribution in [2.75, 3.05) is 18.0 Å². The fourth-order valence-corrected chi connectivity index (χ4v) is 2.25. The van der Waals surface area contributed by atoms with Gasteiger partial charge in [-0.25, -0.2) is 0 Å². The first-order chi connectivity index (χ1) is 7.61. The van der Waals surface area contributed by atoms with Crippen molar-refractivity contribution in [2.45, 2.75) is 12.2 Å². The zero-order valence-corrected chi connectivity index (χ0v) is 10.1. The highest BCUT2D eigenvalue weighted by molar-refractivity contribution is 9.10. The number of β-amino-alcohol motifs (C(OH)–C–C–N with tert-alkyl or cyclic N) is 2. The molecule has 1 aromatic rings. The summed E-state index contributed by atoms with van der Waals surface area (Å²) >= 11 is 3.30. The van der Waals surface area contributed by atoms with Crippen molar-refractivity contribution in [3.05, 3.63) is 28.2 Å². The van der Waals surface area contributed by atoms with Crippen molar-refractivity contribution in [1.82, 2.24) is 0 Å². The van der Waals surface area contributed by atoms with Crippen LogP contribution in [0.2, 0.25) is 0 Å². The van der Waals surface area contributed by atoms with Crippen molar-refractivity contribution in [2.24, 2.45) is 0 Å². The maximum atomic E-state index is 10.6. The van der Waals surface area contributed by atoms with Gasteiger partial charge in [0.15, 0.2) is 6.29 Å². The Morgan fingerprint density at radius 3 is 2.44 bits per heavy atom. The van der Waals surface area contributed by atoms with Gasteiger partial charge in [0.05, 0.1) is 12.2 Å². The summed E-state index contributed by atoms with van der Waals surface area (Å²) in [5, 5.41) is 18.9. The standard InChI is InChI=1S/C11H12BrNO3/c12-9-3-8(2-1-7(9)6-14)13-4-10(15)11(16)5-13/h1-3,6,10-11,15-16H,4-5H2. The first kappa shape index (κ1) is 11.6. The second-order valence-electron chi connectivity index (χ2n) is 3.86. The number of halogens is 1. The van der Waals surface area contributed by atoms with Crippen molar-refractivity contribution in [3.8, 4) is 0 Å². The number of hydrogen-bond donors (Lipinski definition) is 2. The van der Waals surface area contributed by atoms with E-state index < -0.39 is 12.2 Å². The number of rotatable bonds is 2. The molecular formula is C11H12BrNO3. The number of hydrogen-bond acceptors (Lipinski definition) is 4. The Kier molecular flexibility index (Phi) is 3.28. The van der Waals surface area contributed by atoms with Crippen LogP contribution in [0.15, 0.2) is 22.7 Å². The van der Waals surface area contributed by atoms with E-state index in [1.165, 1.54) is 0 Å². The number of anilines is 1. The molecule has 1 aliphatic rings. The van der Waals surface area contributed by atoms with Crippen molar-refractivity contribution in [1.29, 1.82) is 0 Å². The Balaban J connectivity index is 2.22. The summed E-state index contributed by atoms with van der Waals surface area (Å²) in [5.74, 6) is 0. The van der Waals surface area contributed by atoms with E-state index in [1.807, 2.05) is 11.0 Å². The van der Waals surface area contributed by atoms with Gasteiger partial charge in [-0.3, -0.25) is 4.79 Å². The van der Waals surface area contributed by atoms with Crippen LogP contribution in [0, 0.1) is 0 Å². The van der Waals surface area contributed by atoms with Crippen molar-refractivity contribution < 1.29 is 15.0 Å². The summed E-state index contributed by atoms with van der Waals surface area (Å²) in [6.45, 7) is 0.822. The van der Waals surface area contributed by atoms with Crippen LogP contribution < -0.4 is 4.90 Å². The summed E-state index contributed by atoms with van der Waals surface area (Å²) in [6.07, 6.45) is -0.629. The molecule has 2 rings (SSSR count). The maximum Gasteiger partial charge on any atom is 0.151 e. The molecule has 2 unspecified atom stereocenters. The quantitative estimate of drug-likeness (QED) is 0.790. The van der Waals surface area contributed by atoms with Gasteiger partial charge in [0.1, 0.15) is 0 Å². The molecule has 86 valence electrons. The summed E-state index contributed by atoms with van der Waals surface area (Å²) in [7, 11) is 0. The van der Waals surface area contributed by atoms with E-state index in [9.17, 15) is 15.0 Å². The van der Waals surface area contributed by atoms with Crippen LogP contribution in [0.4, 0.5) is 5.69 Å². The Morgan fingerprint density at radius 1 is 1.31 bits per heavy atom. The van der Waals surface area contributed by atoms with E-state index in [4.69, 9.17) is 0 Å². The van der Waals surface area contributed by atoms with Crippen LogP contribution in [0.1, 0.15) is 10.4 Å². The molecule has 5 heteroatoms. The number of aliphatic hydroxyl groups excluding tert-OH is 2. The molecule has 2 atom stereocenters. The molecule has 0 amide bonds. The SMILES string of the molecule is O=Cc1ccc(N2CC(O)C(O)C2)cc1Br. The zero-order chi connectivity index (χ0) is 11.7. The van der Waals surface area contributed by atoms with E-state index in [0.717, 1.165) is 16.4 Å². The van der Waals surface area contributed by atoms with Crippen LogP contribution in [0.3, 0.4) is 0 Å². The minimum atomic E-state index is -0.704. The average molecular weight is 286 g/mol. The van der Waals surface area contributed by atoms with Gasteiger partial charge in [-0.15, -0.1) is 0 Å². The van der Waals surface area contributed by atoms with Crippen LogP contribution in [-0.2, 0) is 0 Å². The van der Waals surface area contributed by atoms with Gasteiger partial charge >= 0.3 is 0 Å². The first-order valence-electron chi connectivity index (χ1n) is 4.97. The Morgan fingerprint density at radius 2 is 1.94 bits per heavy atom. The largest absolute Gasteiger partial charge is 0.389 e. The zero-order valence-electron chi connectivity index (χ0n) is 8.51. The molecule has 1 aliphatic heterocycles. The lowest BCUT2D eigenvalue weighted by Gasteiger charge is -2.18.